The van der Waals surface area contributed by atoms with Crippen LogP contribution in [0.25, 0.3) is 5.73 Å². The molecule has 0 heterocycles. The molecule has 4 radical (unpaired) electrons. The number of nitrogens with one attached hydrogen (secondary N) is 1. The average molecular weight is 345 g/mol. The normalized spacial score (nSPS) is 11.2. The van der Waals surface area contributed by atoms with Crippen molar-refractivity contribution in [3.05, 3.63) is 29.0 Å². The topological polar surface area (TPSA) is 76.4 Å². The molecule has 1 atom stereocenters. The van der Waals surface area contributed by atoms with Crippen LogP contribution in [0.1, 0.15) is 18.1 Å². The van der Waals surface area contributed by atoms with Crippen molar-refractivity contribution in [2.45, 2.75) is 26.3 Å². The molecule has 1 aromatic rings. The molecule has 8 heteroatoms. The molecule has 1 unspecified atom stereocenters. The van der Waals surface area contributed by atoms with Gasteiger partial charge in [-0.15, -0.1) is 6.04 Å². The summed E-state index contributed by atoms with van der Waals surface area (Å²) < 4.78 is 9.51. The molecule has 0 bridgehead atoms. The Morgan fingerprint density at radius 1 is 1.20 bits per heavy atom. The molecule has 1 N–H and O–H groups in total. The van der Waals surface area contributed by atoms with E-state index in [1.54, 1.807) is 13.8 Å². The van der Waals surface area contributed by atoms with Gasteiger partial charge in [0.05, 0.1) is 0 Å². The molecule has 0 spiro atoms. The standard InChI is InChI=1S/C12H12B2NO4.Y/c1-6-3-9(18-11(13)16)10(19-12(14)17)5-8(6)4-7(2)15;/h3,5,7,15H,4H2,1-2H3;/q-1;+3. The number of carbonyl (C=O) groups is 2. The van der Waals surface area contributed by atoms with Crippen LogP contribution >= 0.6 is 0 Å². The number of aryl methyl sites for hydroxylation is 1. The summed E-state index contributed by atoms with van der Waals surface area (Å²) in [6, 6.07) is 2.72. The van der Waals surface area contributed by atoms with Crippen molar-refractivity contribution in [3.8, 4) is 11.5 Å². The van der Waals surface area contributed by atoms with Gasteiger partial charge >= 0.3 is 32.7 Å². The van der Waals surface area contributed by atoms with Gasteiger partial charge in [0.25, 0.3) is 0 Å². The second-order valence-corrected chi connectivity index (χ2v) is 4.17. The van der Waals surface area contributed by atoms with Crippen molar-refractivity contribution >= 4 is 27.4 Å². The van der Waals surface area contributed by atoms with E-state index in [0.717, 1.165) is 11.1 Å². The minimum atomic E-state index is -1.02. The van der Waals surface area contributed by atoms with E-state index in [2.05, 4.69) is 0 Å². The maximum atomic E-state index is 10.8. The fourth-order valence-corrected chi connectivity index (χ4v) is 1.63. The van der Waals surface area contributed by atoms with Crippen LogP contribution in [-0.4, -0.2) is 33.5 Å². The molecule has 0 amide bonds. The molecule has 0 aliphatic heterocycles. The van der Waals surface area contributed by atoms with Gasteiger partial charge in [0.1, 0.15) is 0 Å². The molecule has 0 aliphatic rings. The van der Waals surface area contributed by atoms with E-state index in [1.807, 2.05) is 0 Å². The van der Waals surface area contributed by atoms with E-state index in [4.69, 9.17) is 30.9 Å². The molecule has 96 valence electrons. The molecule has 20 heavy (non-hydrogen) atoms. The van der Waals surface area contributed by atoms with Gasteiger partial charge in [0.2, 0.25) is 27.4 Å². The number of hydrogen-bond donors (Lipinski definition) is 0. The van der Waals surface area contributed by atoms with Crippen LogP contribution < -0.4 is 9.47 Å². The van der Waals surface area contributed by atoms with Crippen molar-refractivity contribution in [3.63, 3.8) is 0 Å². The molecule has 1 aromatic carbocycles. The Bertz CT molecular complexity index is 508. The van der Waals surface area contributed by atoms with Crippen molar-refractivity contribution < 1.29 is 51.8 Å². The SMILES string of the molecule is [B]C(=O)Oc1cc(C)c(CC(C)[NH-])cc1OC([B])=O.[Y+3]. The minimum Gasteiger partial charge on any atom is -0.675 e. The summed E-state index contributed by atoms with van der Waals surface area (Å²) in [7, 11) is 9.87. The van der Waals surface area contributed by atoms with Crippen molar-refractivity contribution in [1.29, 1.82) is 0 Å². The maximum Gasteiger partial charge on any atom is 3.00 e. The van der Waals surface area contributed by atoms with E-state index in [-0.39, 0.29) is 50.3 Å². The molecule has 0 aliphatic carbocycles. The second-order valence-electron chi connectivity index (χ2n) is 4.17. The third-order valence-electron chi connectivity index (χ3n) is 2.35. The molecular weight excluding hydrogens is 333 g/mol. The fourth-order valence-electron chi connectivity index (χ4n) is 1.63. The largest absolute Gasteiger partial charge is 3.00 e. The molecule has 0 saturated heterocycles. The summed E-state index contributed by atoms with van der Waals surface area (Å²) in [5.74, 6) is -2.02. The zero-order valence-corrected chi connectivity index (χ0v) is 14.1. The number of hydrogen-bond acceptors (Lipinski definition) is 4. The van der Waals surface area contributed by atoms with E-state index in [0.29, 0.717) is 6.42 Å². The second kappa shape index (κ2) is 8.60. The first-order valence-corrected chi connectivity index (χ1v) is 5.58. The first-order valence-electron chi connectivity index (χ1n) is 5.58. The van der Waals surface area contributed by atoms with Crippen LogP contribution in [-0.2, 0) is 39.1 Å². The minimum absolute atomic E-state index is 0. The summed E-state index contributed by atoms with van der Waals surface area (Å²) in [6.45, 7) is 3.53. The van der Waals surface area contributed by atoms with Gasteiger partial charge in [0, 0.05) is 0 Å². The summed E-state index contributed by atoms with van der Waals surface area (Å²) in [4.78, 5) is 21.6. The van der Waals surface area contributed by atoms with Crippen LogP contribution in [0.2, 0.25) is 0 Å². The smallest absolute Gasteiger partial charge is 0.675 e. The quantitative estimate of drug-likeness (QED) is 0.785. The number of ether oxygens (including phenoxy) is 2. The monoisotopic (exact) mass is 345 g/mol. The Kier molecular flexibility index (Phi) is 8.32. The van der Waals surface area contributed by atoms with Crippen LogP contribution in [0.4, 0.5) is 9.59 Å². The third kappa shape index (κ3) is 6.20. The van der Waals surface area contributed by atoms with Crippen LogP contribution in [0.3, 0.4) is 0 Å². The van der Waals surface area contributed by atoms with E-state index < -0.39 is 11.7 Å². The van der Waals surface area contributed by atoms with Gasteiger partial charge in [0.15, 0.2) is 11.5 Å². The van der Waals surface area contributed by atoms with Gasteiger partial charge < -0.3 is 15.2 Å². The maximum absolute atomic E-state index is 10.8. The van der Waals surface area contributed by atoms with Gasteiger partial charge in [-0.3, -0.25) is 9.59 Å². The van der Waals surface area contributed by atoms with E-state index in [9.17, 15) is 9.59 Å². The van der Waals surface area contributed by atoms with Crippen LogP contribution in [0.5, 0.6) is 11.5 Å². The zero-order chi connectivity index (χ0) is 14.6. The van der Waals surface area contributed by atoms with Crippen molar-refractivity contribution in [2.75, 3.05) is 0 Å². The summed E-state index contributed by atoms with van der Waals surface area (Å²) in [5, 5.41) is 0. The predicted molar refractivity (Wildman–Crippen MR) is 72.2 cm³/mol. The van der Waals surface area contributed by atoms with E-state index >= 15 is 0 Å². The van der Waals surface area contributed by atoms with Gasteiger partial charge in [-0.2, -0.15) is 0 Å². The molecule has 5 nitrogen and oxygen atoms in total. The molecular formula is C12H12B2NO4Y+2. The summed E-state index contributed by atoms with van der Waals surface area (Å²) >= 11 is 0. The van der Waals surface area contributed by atoms with Gasteiger partial charge in [-0.1, -0.05) is 6.92 Å². The Balaban J connectivity index is 0.00000361. The van der Waals surface area contributed by atoms with E-state index in [1.165, 1.54) is 12.1 Å². The summed E-state index contributed by atoms with van der Waals surface area (Å²) in [6.07, 6.45) is 0.470. The Labute approximate surface area is 145 Å². The third-order valence-corrected chi connectivity index (χ3v) is 2.35. The average Bonchev–Trinajstić information content (AvgIpc) is 2.22. The first kappa shape index (κ1) is 19.4. The fraction of sp³-hybridized carbons (Fsp3) is 0.333. The molecule has 0 saturated carbocycles. The van der Waals surface area contributed by atoms with Crippen LogP contribution in [0.15, 0.2) is 12.1 Å². The van der Waals surface area contributed by atoms with Crippen molar-refractivity contribution in [1.82, 2.24) is 0 Å². The van der Waals surface area contributed by atoms with Gasteiger partial charge in [-0.25, -0.2) is 0 Å². The zero-order valence-electron chi connectivity index (χ0n) is 11.3. The molecule has 1 rings (SSSR count). The number of benzene rings is 1. The van der Waals surface area contributed by atoms with Crippen LogP contribution in [0, 0.1) is 6.92 Å². The Morgan fingerprint density at radius 2 is 1.65 bits per heavy atom. The van der Waals surface area contributed by atoms with Crippen molar-refractivity contribution in [2.24, 2.45) is 0 Å². The number of rotatable bonds is 4. The molecule has 0 aromatic heterocycles. The first-order chi connectivity index (χ1) is 8.79. The van der Waals surface area contributed by atoms with Gasteiger partial charge in [-0.05, 0) is 36.6 Å². The Hall–Kier alpha value is -0.646. The predicted octanol–water partition coefficient (Wildman–Crippen LogP) is 2.31. The molecule has 0 fully saturated rings. The number of carbonyl (C=O) groups excluding carboxylic acids is 2. The summed E-state index contributed by atoms with van der Waals surface area (Å²) in [5.41, 5.74) is 9.15. The Morgan fingerprint density at radius 3 is 2.05 bits per heavy atom.